The highest BCUT2D eigenvalue weighted by atomic mass is 35.5. The number of Topliss-reactive ketones (excluding diaryl/α,β-unsaturated/α-hetero) is 2. The zero-order valence-electron chi connectivity index (χ0n) is 23.9. The van der Waals surface area contributed by atoms with Gasteiger partial charge in [-0.1, -0.05) is 62.0 Å². The number of rotatable bonds is 10. The van der Waals surface area contributed by atoms with Crippen LogP contribution in [-0.4, -0.2) is 40.3 Å². The van der Waals surface area contributed by atoms with Crippen LogP contribution in [0.2, 0.25) is 5.02 Å². The molecule has 1 aromatic heterocycles. The van der Waals surface area contributed by atoms with Crippen molar-refractivity contribution in [2.24, 2.45) is 5.41 Å². The van der Waals surface area contributed by atoms with Gasteiger partial charge in [0, 0.05) is 60.5 Å². The van der Waals surface area contributed by atoms with Crippen molar-refractivity contribution < 1.29 is 22.9 Å². The molecule has 0 unspecified atom stereocenters. The lowest BCUT2D eigenvalue weighted by atomic mass is 9.66. The average Bonchev–Trinajstić information content (AvgIpc) is 3.37. The first-order chi connectivity index (χ1) is 19.4. The molecule has 1 aliphatic carbocycles. The van der Waals surface area contributed by atoms with E-state index in [-0.39, 0.29) is 47.0 Å². The van der Waals surface area contributed by atoms with E-state index in [1.807, 2.05) is 38.1 Å². The van der Waals surface area contributed by atoms with Gasteiger partial charge in [0.1, 0.15) is 23.1 Å². The maximum absolute atomic E-state index is 14.3. The molecule has 2 aliphatic rings. The molecular weight excluding hydrogens is 546 g/mol. The minimum Gasteiger partial charge on any atom is -0.355 e. The maximum Gasteiger partial charge on any atom is 0.185 e. The summed E-state index contributed by atoms with van der Waals surface area (Å²) in [4.78, 5) is 29.5. The van der Waals surface area contributed by atoms with Gasteiger partial charge in [-0.15, -0.1) is 0 Å². The van der Waals surface area contributed by atoms with Crippen LogP contribution < -0.4 is 0 Å². The third-order valence-electron chi connectivity index (χ3n) is 9.09. The number of hydrogen-bond donors (Lipinski definition) is 0. The van der Waals surface area contributed by atoms with Crippen LogP contribution in [-0.2, 0) is 10.2 Å². The zero-order chi connectivity index (χ0) is 29.4. The molecule has 5 rings (SSSR count). The monoisotopic (exact) mass is 582 g/mol. The SMILES string of the molecule is CC(C)(CC(=O)CC1(CC(=O)c2cc(-c3ccc(F)cc3F)on2)CN(C2(C)CCCCC2)C1)c1cccc(Cl)c1. The Bertz CT molecular complexity index is 1440. The molecule has 1 aliphatic heterocycles. The summed E-state index contributed by atoms with van der Waals surface area (Å²) in [6.45, 7) is 7.70. The minimum atomic E-state index is -0.792. The third kappa shape index (κ3) is 6.46. The predicted molar refractivity (Wildman–Crippen MR) is 155 cm³/mol. The highest BCUT2D eigenvalue weighted by Gasteiger charge is 2.51. The Labute approximate surface area is 245 Å². The number of halogens is 3. The van der Waals surface area contributed by atoms with Crippen LogP contribution in [0.5, 0.6) is 0 Å². The smallest absolute Gasteiger partial charge is 0.185 e. The van der Waals surface area contributed by atoms with E-state index in [9.17, 15) is 18.4 Å². The molecular formula is C33H37ClF2N2O3. The van der Waals surface area contributed by atoms with Gasteiger partial charge in [-0.05, 0) is 55.0 Å². The Balaban J connectivity index is 1.33. The van der Waals surface area contributed by atoms with E-state index in [1.165, 1.54) is 31.4 Å². The van der Waals surface area contributed by atoms with Crippen molar-refractivity contribution in [2.75, 3.05) is 13.1 Å². The molecule has 2 fully saturated rings. The number of ketones is 2. The second-order valence-corrected chi connectivity index (χ2v) is 13.4. The largest absolute Gasteiger partial charge is 0.355 e. The first-order valence-corrected chi connectivity index (χ1v) is 14.7. The molecule has 0 atom stereocenters. The van der Waals surface area contributed by atoms with E-state index in [1.54, 1.807) is 0 Å². The summed E-state index contributed by atoms with van der Waals surface area (Å²) in [7, 11) is 0. The van der Waals surface area contributed by atoms with Crippen molar-refractivity contribution in [3.05, 3.63) is 76.4 Å². The molecule has 2 heterocycles. The van der Waals surface area contributed by atoms with Crippen LogP contribution in [0.15, 0.2) is 53.1 Å². The van der Waals surface area contributed by atoms with Gasteiger partial charge in [0.25, 0.3) is 0 Å². The van der Waals surface area contributed by atoms with Crippen molar-refractivity contribution in [1.29, 1.82) is 0 Å². The van der Waals surface area contributed by atoms with E-state index in [0.717, 1.165) is 30.5 Å². The average molecular weight is 583 g/mol. The van der Waals surface area contributed by atoms with Crippen molar-refractivity contribution in [2.45, 2.75) is 83.1 Å². The molecule has 1 saturated heterocycles. The highest BCUT2D eigenvalue weighted by Crippen LogP contribution is 2.47. The summed E-state index contributed by atoms with van der Waals surface area (Å²) < 4.78 is 32.9. The number of likely N-dealkylation sites (tertiary alicyclic amines) is 1. The first-order valence-electron chi connectivity index (χ1n) is 14.4. The van der Waals surface area contributed by atoms with Crippen molar-refractivity contribution >= 4 is 23.2 Å². The maximum atomic E-state index is 14.3. The van der Waals surface area contributed by atoms with E-state index in [2.05, 4.69) is 17.0 Å². The minimum absolute atomic E-state index is 0.0335. The second-order valence-electron chi connectivity index (χ2n) is 13.0. The quantitative estimate of drug-likeness (QED) is 0.225. The lowest BCUT2D eigenvalue weighted by Gasteiger charge is -2.58. The van der Waals surface area contributed by atoms with Gasteiger partial charge < -0.3 is 4.52 Å². The zero-order valence-corrected chi connectivity index (χ0v) is 24.7. The van der Waals surface area contributed by atoms with E-state index >= 15 is 0 Å². The Morgan fingerprint density at radius 2 is 1.76 bits per heavy atom. The summed E-state index contributed by atoms with van der Waals surface area (Å²) in [5.41, 5.74) is 0.264. The van der Waals surface area contributed by atoms with Gasteiger partial charge in [-0.3, -0.25) is 14.5 Å². The Morgan fingerprint density at radius 1 is 1.02 bits per heavy atom. The van der Waals surface area contributed by atoms with Gasteiger partial charge in [0.2, 0.25) is 0 Å². The van der Waals surface area contributed by atoms with Crippen LogP contribution in [0.25, 0.3) is 11.3 Å². The van der Waals surface area contributed by atoms with Crippen LogP contribution >= 0.6 is 11.6 Å². The van der Waals surface area contributed by atoms with Crippen LogP contribution in [0.4, 0.5) is 8.78 Å². The van der Waals surface area contributed by atoms with Crippen LogP contribution in [0, 0.1) is 17.0 Å². The van der Waals surface area contributed by atoms with Gasteiger partial charge in [0.15, 0.2) is 11.5 Å². The lowest BCUT2D eigenvalue weighted by molar-refractivity contribution is -0.132. The molecule has 5 nitrogen and oxygen atoms in total. The van der Waals surface area contributed by atoms with E-state index in [4.69, 9.17) is 16.1 Å². The summed E-state index contributed by atoms with van der Waals surface area (Å²) in [6, 6.07) is 12.1. The fourth-order valence-electron chi connectivity index (χ4n) is 6.70. The van der Waals surface area contributed by atoms with Gasteiger partial charge in [0.05, 0.1) is 5.56 Å². The Kier molecular flexibility index (Phi) is 8.23. The van der Waals surface area contributed by atoms with Gasteiger partial charge in [-0.25, -0.2) is 8.78 Å². The number of hydrogen-bond acceptors (Lipinski definition) is 5. The molecule has 3 aromatic rings. The third-order valence-corrected chi connectivity index (χ3v) is 9.33. The standard InChI is InChI=1S/C33H37ClF2N2O3/c1-31(2,22-8-7-9-23(34)14-22)17-25(39)18-33(20-38(21-33)32(3)12-5-4-6-13-32)19-29(40)28-16-30(41-37-28)26-11-10-24(35)15-27(26)36/h7-11,14-16H,4-6,12-13,17-21H2,1-3H3. The molecule has 0 bridgehead atoms. The van der Waals surface area contributed by atoms with Gasteiger partial charge in [-0.2, -0.15) is 0 Å². The number of carbonyl (C=O) groups excluding carboxylic acids is 2. The van der Waals surface area contributed by atoms with Crippen molar-refractivity contribution in [3.63, 3.8) is 0 Å². The topological polar surface area (TPSA) is 63.4 Å². The Morgan fingerprint density at radius 3 is 2.44 bits per heavy atom. The van der Waals surface area contributed by atoms with Crippen molar-refractivity contribution in [3.8, 4) is 11.3 Å². The Hall–Kier alpha value is -2.90. The summed E-state index contributed by atoms with van der Waals surface area (Å²) >= 11 is 6.22. The number of nitrogens with zero attached hydrogens (tertiary/aromatic N) is 2. The van der Waals surface area contributed by atoms with Crippen LogP contribution in [0.1, 0.15) is 88.2 Å². The molecule has 218 valence electrons. The molecule has 0 spiro atoms. The summed E-state index contributed by atoms with van der Waals surface area (Å²) in [5.74, 6) is -1.58. The van der Waals surface area contributed by atoms with Crippen molar-refractivity contribution in [1.82, 2.24) is 10.1 Å². The predicted octanol–water partition coefficient (Wildman–Crippen LogP) is 8.20. The molecule has 1 saturated carbocycles. The van der Waals surface area contributed by atoms with Crippen LogP contribution in [0.3, 0.4) is 0 Å². The molecule has 0 radical (unpaired) electrons. The molecule has 41 heavy (non-hydrogen) atoms. The summed E-state index contributed by atoms with van der Waals surface area (Å²) in [6.07, 6.45) is 6.60. The van der Waals surface area contributed by atoms with Gasteiger partial charge >= 0.3 is 0 Å². The molecule has 8 heteroatoms. The number of aromatic nitrogens is 1. The molecule has 2 aromatic carbocycles. The summed E-state index contributed by atoms with van der Waals surface area (Å²) in [5, 5.41) is 4.54. The molecule has 0 amide bonds. The first kappa shape index (κ1) is 29.6. The molecule has 0 N–H and O–H groups in total. The fourth-order valence-corrected chi connectivity index (χ4v) is 6.89. The second kappa shape index (κ2) is 11.4. The number of benzene rings is 2. The highest BCUT2D eigenvalue weighted by molar-refractivity contribution is 6.30. The fraction of sp³-hybridized carbons (Fsp3) is 0.485. The normalized spacial score (nSPS) is 18.6. The van der Waals surface area contributed by atoms with E-state index < -0.39 is 22.5 Å². The number of carbonyl (C=O) groups is 2. The van der Waals surface area contributed by atoms with E-state index in [0.29, 0.717) is 24.5 Å². The lowest BCUT2D eigenvalue weighted by Crippen LogP contribution is -2.65.